The minimum absolute atomic E-state index is 0.167. The van der Waals surface area contributed by atoms with E-state index in [1.54, 1.807) is 0 Å². The van der Waals surface area contributed by atoms with E-state index in [9.17, 15) is 4.39 Å². The molecule has 20 heavy (non-hydrogen) atoms. The van der Waals surface area contributed by atoms with Gasteiger partial charge < -0.3 is 10.2 Å². The lowest BCUT2D eigenvalue weighted by Crippen LogP contribution is -2.38. The Kier molecular flexibility index (Phi) is 5.84. The predicted octanol–water partition coefficient (Wildman–Crippen LogP) is 3.82. The smallest absolute Gasteiger partial charge is 0.123 e. The average molecular weight is 278 g/mol. The zero-order valence-electron chi connectivity index (χ0n) is 12.7. The second-order valence-electron chi connectivity index (χ2n) is 5.97. The Morgan fingerprint density at radius 3 is 2.40 bits per heavy atom. The number of nitrogens with one attached hydrogen (secondary N) is 1. The Morgan fingerprint density at radius 2 is 1.80 bits per heavy atom. The highest BCUT2D eigenvalue weighted by Crippen LogP contribution is 2.23. The molecule has 112 valence electrons. The van der Waals surface area contributed by atoms with E-state index in [0.717, 1.165) is 31.2 Å². The van der Waals surface area contributed by atoms with E-state index in [1.165, 1.54) is 37.8 Å². The molecule has 1 aliphatic rings. The summed E-state index contributed by atoms with van der Waals surface area (Å²) in [6.45, 7) is 7.43. The molecule has 1 fully saturated rings. The van der Waals surface area contributed by atoms with Gasteiger partial charge in [0.05, 0.1) is 0 Å². The summed E-state index contributed by atoms with van der Waals surface area (Å²) in [5.74, 6) is 0.735. The third-order valence-electron chi connectivity index (χ3n) is 4.40. The van der Waals surface area contributed by atoms with E-state index >= 15 is 0 Å². The van der Waals surface area contributed by atoms with E-state index in [4.69, 9.17) is 0 Å². The van der Waals surface area contributed by atoms with Crippen LogP contribution in [0, 0.1) is 11.7 Å². The van der Waals surface area contributed by atoms with Crippen LogP contribution < -0.4 is 10.2 Å². The van der Waals surface area contributed by atoms with Gasteiger partial charge in [0.2, 0.25) is 0 Å². The molecule has 0 unspecified atom stereocenters. The molecule has 0 radical (unpaired) electrons. The van der Waals surface area contributed by atoms with Crippen LogP contribution in [0.5, 0.6) is 0 Å². The molecule has 2 nitrogen and oxygen atoms in total. The lowest BCUT2D eigenvalue weighted by atomic mass is 9.87. The summed E-state index contributed by atoms with van der Waals surface area (Å²) in [4.78, 5) is 2.29. The number of hydrogen-bond acceptors (Lipinski definition) is 2. The van der Waals surface area contributed by atoms with Crippen LogP contribution in [0.3, 0.4) is 0 Å². The summed E-state index contributed by atoms with van der Waals surface area (Å²) in [6, 6.07) is 7.49. The van der Waals surface area contributed by atoms with Gasteiger partial charge in [0.1, 0.15) is 5.82 Å². The van der Waals surface area contributed by atoms with Crippen molar-refractivity contribution < 1.29 is 4.39 Å². The third-order valence-corrected chi connectivity index (χ3v) is 4.40. The lowest BCUT2D eigenvalue weighted by Gasteiger charge is -2.29. The van der Waals surface area contributed by atoms with Gasteiger partial charge in [-0.15, -0.1) is 0 Å². The topological polar surface area (TPSA) is 15.3 Å². The molecule has 0 saturated heterocycles. The van der Waals surface area contributed by atoms with Crippen molar-refractivity contribution in [3.05, 3.63) is 30.1 Å². The molecule has 0 amide bonds. The first-order chi connectivity index (χ1) is 9.69. The summed E-state index contributed by atoms with van der Waals surface area (Å²) < 4.78 is 12.9. The third kappa shape index (κ3) is 4.48. The molecule has 0 spiro atoms. The Hall–Kier alpha value is -1.09. The molecular weight excluding hydrogens is 251 g/mol. The molecule has 3 heteroatoms. The number of nitrogens with zero attached hydrogens (tertiary/aromatic N) is 1. The van der Waals surface area contributed by atoms with Gasteiger partial charge in [-0.3, -0.25) is 0 Å². The van der Waals surface area contributed by atoms with Crippen LogP contribution in [0.2, 0.25) is 0 Å². The lowest BCUT2D eigenvalue weighted by molar-refractivity contribution is 0.309. The molecule has 1 N–H and O–H groups in total. The summed E-state index contributed by atoms with van der Waals surface area (Å²) in [5.41, 5.74) is 1.10. The molecule has 0 heterocycles. The van der Waals surface area contributed by atoms with Crippen LogP contribution in [0.4, 0.5) is 10.1 Å². The summed E-state index contributed by atoms with van der Waals surface area (Å²) in [6.07, 6.45) is 5.33. The maximum atomic E-state index is 12.9. The molecule has 0 bridgehead atoms. The van der Waals surface area contributed by atoms with Crippen molar-refractivity contribution in [2.24, 2.45) is 5.92 Å². The van der Waals surface area contributed by atoms with E-state index in [0.29, 0.717) is 6.04 Å². The van der Waals surface area contributed by atoms with Gasteiger partial charge in [-0.05, 0) is 62.8 Å². The Labute approximate surface area is 122 Å². The SMILES string of the molecule is CCN(CCNC1CCC(C)CC1)c1ccc(F)cc1. The van der Waals surface area contributed by atoms with Gasteiger partial charge >= 0.3 is 0 Å². The summed E-state index contributed by atoms with van der Waals surface area (Å²) in [5, 5.41) is 3.67. The first-order valence-electron chi connectivity index (χ1n) is 7.93. The van der Waals surface area contributed by atoms with Crippen molar-refractivity contribution in [2.75, 3.05) is 24.5 Å². The average Bonchev–Trinajstić information content (AvgIpc) is 2.47. The normalized spacial score (nSPS) is 22.8. The number of rotatable bonds is 6. The largest absolute Gasteiger partial charge is 0.371 e. The van der Waals surface area contributed by atoms with Crippen LogP contribution in [0.1, 0.15) is 39.5 Å². The second kappa shape index (κ2) is 7.63. The number of likely N-dealkylation sites (N-methyl/N-ethyl adjacent to an activating group) is 1. The molecule has 1 aromatic rings. The quantitative estimate of drug-likeness (QED) is 0.851. The second-order valence-corrected chi connectivity index (χ2v) is 5.97. The molecule has 2 rings (SSSR count). The van der Waals surface area contributed by atoms with E-state index in [2.05, 4.69) is 24.1 Å². The fourth-order valence-electron chi connectivity index (χ4n) is 2.99. The Bertz CT molecular complexity index is 382. The monoisotopic (exact) mass is 278 g/mol. The van der Waals surface area contributed by atoms with Crippen LogP contribution in [0.15, 0.2) is 24.3 Å². The summed E-state index contributed by atoms with van der Waals surface area (Å²) >= 11 is 0. The molecule has 0 atom stereocenters. The maximum absolute atomic E-state index is 12.9. The zero-order chi connectivity index (χ0) is 14.4. The highest BCUT2D eigenvalue weighted by Gasteiger charge is 2.17. The molecule has 1 aliphatic carbocycles. The van der Waals surface area contributed by atoms with Crippen LogP contribution >= 0.6 is 0 Å². The maximum Gasteiger partial charge on any atom is 0.123 e. The number of anilines is 1. The first kappa shape index (κ1) is 15.3. The molecule has 0 aromatic heterocycles. The van der Waals surface area contributed by atoms with Crippen molar-refractivity contribution in [2.45, 2.75) is 45.6 Å². The van der Waals surface area contributed by atoms with Gasteiger partial charge in [-0.2, -0.15) is 0 Å². The predicted molar refractivity (Wildman–Crippen MR) is 83.7 cm³/mol. The van der Waals surface area contributed by atoms with Crippen molar-refractivity contribution in [1.29, 1.82) is 0 Å². The van der Waals surface area contributed by atoms with Crippen molar-refractivity contribution in [3.63, 3.8) is 0 Å². The van der Waals surface area contributed by atoms with Gasteiger partial charge in [0.15, 0.2) is 0 Å². The number of hydrogen-bond donors (Lipinski definition) is 1. The van der Waals surface area contributed by atoms with E-state index < -0.39 is 0 Å². The number of benzene rings is 1. The van der Waals surface area contributed by atoms with E-state index in [-0.39, 0.29) is 5.82 Å². The fraction of sp³-hybridized carbons (Fsp3) is 0.647. The molecule has 1 aromatic carbocycles. The van der Waals surface area contributed by atoms with Gasteiger partial charge in [-0.1, -0.05) is 6.92 Å². The van der Waals surface area contributed by atoms with Gasteiger partial charge in [-0.25, -0.2) is 4.39 Å². The minimum atomic E-state index is -0.167. The van der Waals surface area contributed by atoms with Gasteiger partial charge in [0, 0.05) is 31.4 Å². The van der Waals surface area contributed by atoms with Crippen LogP contribution in [0.25, 0.3) is 0 Å². The Morgan fingerprint density at radius 1 is 1.15 bits per heavy atom. The Balaban J connectivity index is 1.75. The number of halogens is 1. The highest BCUT2D eigenvalue weighted by molar-refractivity contribution is 5.46. The molecule has 1 saturated carbocycles. The first-order valence-corrected chi connectivity index (χ1v) is 7.93. The standard InChI is InChI=1S/C17H27FN2/c1-3-20(17-10-6-15(18)7-11-17)13-12-19-16-8-4-14(2)5-9-16/h6-7,10-11,14,16,19H,3-5,8-9,12-13H2,1-2H3. The molecular formula is C17H27FN2. The van der Waals surface area contributed by atoms with E-state index in [1.807, 2.05) is 12.1 Å². The van der Waals surface area contributed by atoms with Crippen molar-refractivity contribution in [1.82, 2.24) is 5.32 Å². The van der Waals surface area contributed by atoms with Crippen LogP contribution in [-0.2, 0) is 0 Å². The fourth-order valence-corrected chi connectivity index (χ4v) is 2.99. The highest BCUT2D eigenvalue weighted by atomic mass is 19.1. The zero-order valence-corrected chi connectivity index (χ0v) is 12.7. The van der Waals surface area contributed by atoms with Crippen LogP contribution in [-0.4, -0.2) is 25.7 Å². The minimum Gasteiger partial charge on any atom is -0.371 e. The summed E-state index contributed by atoms with van der Waals surface area (Å²) in [7, 11) is 0. The van der Waals surface area contributed by atoms with Gasteiger partial charge in [0.25, 0.3) is 0 Å². The van der Waals surface area contributed by atoms with Crippen molar-refractivity contribution in [3.8, 4) is 0 Å². The van der Waals surface area contributed by atoms with Crippen molar-refractivity contribution >= 4 is 5.69 Å². The molecule has 0 aliphatic heterocycles.